The van der Waals surface area contributed by atoms with Crippen molar-refractivity contribution in [3.8, 4) is 17.2 Å². The largest absolute Gasteiger partial charge is 0.493 e. The summed E-state index contributed by atoms with van der Waals surface area (Å²) in [6.45, 7) is 10.5. The molecule has 0 aliphatic carbocycles. The summed E-state index contributed by atoms with van der Waals surface area (Å²) < 4.78 is 17.0. The fourth-order valence-electron chi connectivity index (χ4n) is 2.62. The van der Waals surface area contributed by atoms with Crippen molar-refractivity contribution in [3.63, 3.8) is 0 Å². The number of amides is 1. The number of aryl methyl sites for hydroxylation is 1. The lowest BCUT2D eigenvalue weighted by Crippen LogP contribution is -2.37. The van der Waals surface area contributed by atoms with Crippen molar-refractivity contribution in [2.75, 3.05) is 13.7 Å². The molecule has 2 atom stereocenters. The summed E-state index contributed by atoms with van der Waals surface area (Å²) >= 11 is 0. The Morgan fingerprint density at radius 1 is 1.00 bits per heavy atom. The van der Waals surface area contributed by atoms with Gasteiger partial charge in [0.2, 0.25) is 0 Å². The molecule has 0 radical (unpaired) electrons. The summed E-state index contributed by atoms with van der Waals surface area (Å²) in [7, 11) is 1.61. The van der Waals surface area contributed by atoms with Gasteiger partial charge in [-0.25, -0.2) is 0 Å². The minimum absolute atomic E-state index is 0.174. The molecule has 0 saturated carbocycles. The SMILES string of the molecule is COc1cc(C(C)NC(=O)C(C)Oc2ccc(C)cc2)ccc1OCC(C)C. The first kappa shape index (κ1) is 21.6. The molecule has 1 N–H and O–H groups in total. The molecule has 0 spiro atoms. The standard InChI is InChI=1S/C23H31NO4/c1-15(2)14-27-21-12-9-19(13-22(21)26-6)17(4)24-23(25)18(5)28-20-10-7-16(3)8-11-20/h7-13,15,17-18H,14H2,1-6H3,(H,24,25). The molecule has 152 valence electrons. The van der Waals surface area contributed by atoms with Crippen LogP contribution in [-0.2, 0) is 4.79 Å². The van der Waals surface area contributed by atoms with Gasteiger partial charge in [0.05, 0.1) is 19.8 Å². The van der Waals surface area contributed by atoms with Gasteiger partial charge in [-0.15, -0.1) is 0 Å². The van der Waals surface area contributed by atoms with Gasteiger partial charge in [0.15, 0.2) is 17.6 Å². The molecule has 0 bridgehead atoms. The number of hydrogen-bond acceptors (Lipinski definition) is 4. The second kappa shape index (κ2) is 10.0. The van der Waals surface area contributed by atoms with E-state index in [1.807, 2.05) is 56.3 Å². The topological polar surface area (TPSA) is 56.8 Å². The molecule has 28 heavy (non-hydrogen) atoms. The van der Waals surface area contributed by atoms with E-state index in [-0.39, 0.29) is 11.9 Å². The zero-order valence-electron chi connectivity index (χ0n) is 17.6. The number of ether oxygens (including phenoxy) is 3. The zero-order chi connectivity index (χ0) is 20.7. The van der Waals surface area contributed by atoms with E-state index in [1.165, 1.54) is 0 Å². The highest BCUT2D eigenvalue weighted by Crippen LogP contribution is 2.30. The Morgan fingerprint density at radius 3 is 2.29 bits per heavy atom. The lowest BCUT2D eigenvalue weighted by Gasteiger charge is -2.20. The maximum atomic E-state index is 12.5. The molecule has 2 aromatic carbocycles. The third kappa shape index (κ3) is 6.19. The van der Waals surface area contributed by atoms with Crippen molar-refractivity contribution in [2.45, 2.75) is 46.8 Å². The summed E-state index contributed by atoms with van der Waals surface area (Å²) in [5.74, 6) is 2.29. The van der Waals surface area contributed by atoms with Crippen LogP contribution in [0.3, 0.4) is 0 Å². The van der Waals surface area contributed by atoms with E-state index in [9.17, 15) is 4.79 Å². The van der Waals surface area contributed by atoms with Gasteiger partial charge in [0.1, 0.15) is 5.75 Å². The Balaban J connectivity index is 1.99. The van der Waals surface area contributed by atoms with Gasteiger partial charge >= 0.3 is 0 Å². The Labute approximate surface area is 168 Å². The summed E-state index contributed by atoms with van der Waals surface area (Å²) in [6, 6.07) is 13.2. The number of nitrogens with one attached hydrogen (secondary N) is 1. The van der Waals surface area contributed by atoms with Gasteiger partial charge in [-0.2, -0.15) is 0 Å². The highest BCUT2D eigenvalue weighted by atomic mass is 16.5. The molecule has 2 rings (SSSR count). The third-order valence-electron chi connectivity index (χ3n) is 4.32. The van der Waals surface area contributed by atoms with Crippen molar-refractivity contribution < 1.29 is 19.0 Å². The van der Waals surface area contributed by atoms with Gasteiger partial charge in [-0.1, -0.05) is 37.6 Å². The van der Waals surface area contributed by atoms with Crippen LogP contribution in [-0.4, -0.2) is 25.7 Å². The smallest absolute Gasteiger partial charge is 0.261 e. The minimum Gasteiger partial charge on any atom is -0.493 e. The van der Waals surface area contributed by atoms with Crippen molar-refractivity contribution >= 4 is 5.91 Å². The van der Waals surface area contributed by atoms with Gasteiger partial charge in [-0.3, -0.25) is 4.79 Å². The first-order valence-electron chi connectivity index (χ1n) is 9.64. The van der Waals surface area contributed by atoms with E-state index in [4.69, 9.17) is 14.2 Å². The Kier molecular flexibility index (Phi) is 7.73. The van der Waals surface area contributed by atoms with Crippen molar-refractivity contribution in [1.29, 1.82) is 0 Å². The maximum absolute atomic E-state index is 12.5. The first-order chi connectivity index (χ1) is 13.3. The molecule has 2 aromatic rings. The van der Waals surface area contributed by atoms with Crippen LogP contribution < -0.4 is 19.5 Å². The predicted octanol–water partition coefficient (Wildman–Crippen LogP) is 4.68. The number of methoxy groups -OCH3 is 1. The molecule has 0 aliphatic heterocycles. The van der Waals surface area contributed by atoms with Crippen LogP contribution in [0.2, 0.25) is 0 Å². The quantitative estimate of drug-likeness (QED) is 0.681. The van der Waals surface area contributed by atoms with Gasteiger partial charge < -0.3 is 19.5 Å². The number of benzene rings is 2. The summed E-state index contributed by atoms with van der Waals surface area (Å²) in [4.78, 5) is 12.5. The number of carbonyl (C=O) groups excluding carboxylic acids is 1. The fraction of sp³-hybridized carbons (Fsp3) is 0.435. The molecule has 5 nitrogen and oxygen atoms in total. The van der Waals surface area contributed by atoms with E-state index in [0.717, 1.165) is 11.1 Å². The summed E-state index contributed by atoms with van der Waals surface area (Å²) in [5, 5.41) is 2.99. The molecule has 0 aromatic heterocycles. The van der Waals surface area contributed by atoms with Gasteiger partial charge in [0, 0.05) is 0 Å². The lowest BCUT2D eigenvalue weighted by atomic mass is 10.1. The maximum Gasteiger partial charge on any atom is 0.261 e. The van der Waals surface area contributed by atoms with Crippen LogP contribution in [0.15, 0.2) is 42.5 Å². The normalized spacial score (nSPS) is 13.0. The van der Waals surface area contributed by atoms with E-state index in [0.29, 0.717) is 29.8 Å². The lowest BCUT2D eigenvalue weighted by molar-refractivity contribution is -0.127. The highest BCUT2D eigenvalue weighted by molar-refractivity contribution is 5.81. The highest BCUT2D eigenvalue weighted by Gasteiger charge is 2.19. The molecular weight excluding hydrogens is 354 g/mol. The van der Waals surface area contributed by atoms with Crippen LogP contribution in [0, 0.1) is 12.8 Å². The zero-order valence-corrected chi connectivity index (χ0v) is 17.6. The van der Waals surface area contributed by atoms with E-state index >= 15 is 0 Å². The van der Waals surface area contributed by atoms with Crippen LogP contribution in [0.5, 0.6) is 17.2 Å². The second-order valence-electron chi connectivity index (χ2n) is 7.42. The van der Waals surface area contributed by atoms with Crippen LogP contribution in [0.25, 0.3) is 0 Å². The number of rotatable bonds is 9. The van der Waals surface area contributed by atoms with Gasteiger partial charge in [0.25, 0.3) is 5.91 Å². The van der Waals surface area contributed by atoms with Crippen LogP contribution in [0.1, 0.15) is 44.9 Å². The predicted molar refractivity (Wildman–Crippen MR) is 111 cm³/mol. The monoisotopic (exact) mass is 385 g/mol. The average Bonchev–Trinajstić information content (AvgIpc) is 2.67. The summed E-state index contributed by atoms with van der Waals surface area (Å²) in [6.07, 6.45) is -0.597. The molecule has 0 saturated heterocycles. The average molecular weight is 386 g/mol. The van der Waals surface area contributed by atoms with Crippen LogP contribution >= 0.6 is 0 Å². The second-order valence-corrected chi connectivity index (χ2v) is 7.42. The molecule has 0 fully saturated rings. The van der Waals surface area contributed by atoms with E-state index in [1.54, 1.807) is 14.0 Å². The molecule has 0 aliphatic rings. The molecule has 5 heteroatoms. The van der Waals surface area contributed by atoms with Crippen molar-refractivity contribution in [1.82, 2.24) is 5.32 Å². The van der Waals surface area contributed by atoms with Crippen molar-refractivity contribution in [3.05, 3.63) is 53.6 Å². The Hall–Kier alpha value is -2.69. The molecular formula is C23H31NO4. The number of carbonyl (C=O) groups is 1. The summed E-state index contributed by atoms with van der Waals surface area (Å²) in [5.41, 5.74) is 2.08. The molecule has 1 amide bonds. The minimum atomic E-state index is -0.597. The fourth-order valence-corrected chi connectivity index (χ4v) is 2.62. The molecule has 2 unspecified atom stereocenters. The Bertz CT molecular complexity index is 771. The third-order valence-corrected chi connectivity index (χ3v) is 4.32. The number of hydrogen-bond donors (Lipinski definition) is 1. The molecule has 0 heterocycles. The van der Waals surface area contributed by atoms with Crippen molar-refractivity contribution in [2.24, 2.45) is 5.92 Å². The van der Waals surface area contributed by atoms with E-state index in [2.05, 4.69) is 19.2 Å². The first-order valence-corrected chi connectivity index (χ1v) is 9.64. The van der Waals surface area contributed by atoms with E-state index < -0.39 is 6.10 Å². The Morgan fingerprint density at radius 2 is 1.68 bits per heavy atom. The van der Waals surface area contributed by atoms with Gasteiger partial charge in [-0.05, 0) is 56.5 Å². The van der Waals surface area contributed by atoms with Crippen LogP contribution in [0.4, 0.5) is 0 Å².